The Morgan fingerprint density at radius 2 is 2.21 bits per heavy atom. The van der Waals surface area contributed by atoms with E-state index in [2.05, 4.69) is 9.97 Å². The lowest BCUT2D eigenvalue weighted by molar-refractivity contribution is -0.136. The van der Waals surface area contributed by atoms with E-state index in [1.54, 1.807) is 22.9 Å². The van der Waals surface area contributed by atoms with Crippen molar-refractivity contribution in [3.05, 3.63) is 34.4 Å². The zero-order valence-corrected chi connectivity index (χ0v) is 10.8. The largest absolute Gasteiger partial charge is 0.481 e. The van der Waals surface area contributed by atoms with Crippen LogP contribution in [-0.4, -0.2) is 25.6 Å². The van der Waals surface area contributed by atoms with E-state index in [0.29, 0.717) is 11.2 Å². The maximum absolute atomic E-state index is 12.3. The summed E-state index contributed by atoms with van der Waals surface area (Å²) in [7, 11) is 0. The Kier molecular flexibility index (Phi) is 3.59. The van der Waals surface area contributed by atoms with E-state index in [9.17, 15) is 9.59 Å². The number of nitrogens with zero attached hydrogens (tertiary/aromatic N) is 3. The van der Waals surface area contributed by atoms with Gasteiger partial charge in [0, 0.05) is 18.7 Å². The quantitative estimate of drug-likeness (QED) is 0.898. The zero-order chi connectivity index (χ0) is 14.0. The summed E-state index contributed by atoms with van der Waals surface area (Å²) in [5, 5.41) is 8.71. The molecule has 1 N–H and O–H groups in total. The number of carboxylic acids is 1. The van der Waals surface area contributed by atoms with Crippen LogP contribution >= 0.6 is 0 Å². The van der Waals surface area contributed by atoms with Crippen LogP contribution in [0.3, 0.4) is 0 Å². The van der Waals surface area contributed by atoms with Gasteiger partial charge in [-0.15, -0.1) is 0 Å². The van der Waals surface area contributed by atoms with Crippen LogP contribution in [0.15, 0.2) is 23.1 Å². The SMILES string of the molecule is CC(C)n1c(=O)c(CCC(=O)O)nc2ncccc21. The molecule has 0 bridgehead atoms. The van der Waals surface area contributed by atoms with Crippen molar-refractivity contribution < 1.29 is 9.90 Å². The van der Waals surface area contributed by atoms with Crippen molar-refractivity contribution in [3.8, 4) is 0 Å². The third kappa shape index (κ3) is 2.62. The lowest BCUT2D eigenvalue weighted by Gasteiger charge is -2.14. The summed E-state index contributed by atoms with van der Waals surface area (Å²) in [6, 6.07) is 3.50. The summed E-state index contributed by atoms with van der Waals surface area (Å²) in [4.78, 5) is 31.2. The van der Waals surface area contributed by atoms with Gasteiger partial charge >= 0.3 is 5.97 Å². The van der Waals surface area contributed by atoms with E-state index < -0.39 is 5.97 Å². The van der Waals surface area contributed by atoms with Crippen molar-refractivity contribution in [2.75, 3.05) is 0 Å². The lowest BCUT2D eigenvalue weighted by Crippen LogP contribution is -2.27. The predicted octanol–water partition coefficient (Wildman–Crippen LogP) is 1.39. The van der Waals surface area contributed by atoms with Crippen LogP contribution in [0.2, 0.25) is 0 Å². The van der Waals surface area contributed by atoms with Crippen LogP contribution in [0.1, 0.15) is 32.0 Å². The highest BCUT2D eigenvalue weighted by atomic mass is 16.4. The van der Waals surface area contributed by atoms with Gasteiger partial charge in [0.2, 0.25) is 0 Å². The Labute approximate surface area is 109 Å². The van der Waals surface area contributed by atoms with Gasteiger partial charge < -0.3 is 9.67 Å². The summed E-state index contributed by atoms with van der Waals surface area (Å²) in [5.41, 5.74) is 1.15. The molecule has 2 aromatic rings. The lowest BCUT2D eigenvalue weighted by atomic mass is 10.2. The Balaban J connectivity index is 2.63. The summed E-state index contributed by atoms with van der Waals surface area (Å²) < 4.78 is 1.60. The van der Waals surface area contributed by atoms with Crippen LogP contribution < -0.4 is 5.56 Å². The molecule has 0 saturated heterocycles. The van der Waals surface area contributed by atoms with Crippen molar-refractivity contribution in [3.63, 3.8) is 0 Å². The summed E-state index contributed by atoms with van der Waals surface area (Å²) >= 11 is 0. The summed E-state index contributed by atoms with van der Waals surface area (Å²) in [6.07, 6.45) is 1.61. The van der Waals surface area contributed by atoms with E-state index in [4.69, 9.17) is 5.11 Å². The minimum Gasteiger partial charge on any atom is -0.481 e. The van der Waals surface area contributed by atoms with Crippen LogP contribution in [-0.2, 0) is 11.2 Å². The number of aliphatic carboxylic acids is 1. The molecular formula is C13H15N3O3. The van der Waals surface area contributed by atoms with Gasteiger partial charge in [0.25, 0.3) is 5.56 Å². The second-order valence-corrected chi connectivity index (χ2v) is 4.57. The van der Waals surface area contributed by atoms with E-state index in [0.717, 1.165) is 0 Å². The number of carbonyl (C=O) groups is 1. The minimum absolute atomic E-state index is 0.0363. The number of carboxylic acid groups (broad SMARTS) is 1. The maximum Gasteiger partial charge on any atom is 0.303 e. The minimum atomic E-state index is -0.946. The molecular weight excluding hydrogens is 246 g/mol. The Morgan fingerprint density at radius 1 is 1.47 bits per heavy atom. The molecule has 0 saturated carbocycles. The van der Waals surface area contributed by atoms with E-state index in [-0.39, 0.29) is 30.1 Å². The first-order valence-corrected chi connectivity index (χ1v) is 6.08. The molecule has 0 aliphatic rings. The van der Waals surface area contributed by atoms with Crippen molar-refractivity contribution >= 4 is 17.1 Å². The Morgan fingerprint density at radius 3 is 2.84 bits per heavy atom. The van der Waals surface area contributed by atoms with Gasteiger partial charge in [-0.25, -0.2) is 9.97 Å². The van der Waals surface area contributed by atoms with E-state index in [1.165, 1.54) is 0 Å². The molecule has 0 aromatic carbocycles. The third-order valence-electron chi connectivity index (χ3n) is 2.82. The molecule has 0 fully saturated rings. The molecule has 0 aliphatic carbocycles. The number of hydrogen-bond acceptors (Lipinski definition) is 4. The van der Waals surface area contributed by atoms with Crippen LogP contribution in [0.25, 0.3) is 11.2 Å². The fourth-order valence-electron chi connectivity index (χ4n) is 1.99. The van der Waals surface area contributed by atoms with Crippen molar-refractivity contribution in [1.82, 2.24) is 14.5 Å². The molecule has 100 valence electrons. The Bertz CT molecular complexity index is 676. The van der Waals surface area contributed by atoms with Gasteiger partial charge in [-0.1, -0.05) is 0 Å². The Hall–Kier alpha value is -2.24. The van der Waals surface area contributed by atoms with Crippen molar-refractivity contribution in [1.29, 1.82) is 0 Å². The zero-order valence-electron chi connectivity index (χ0n) is 10.8. The smallest absolute Gasteiger partial charge is 0.303 e. The number of hydrogen-bond donors (Lipinski definition) is 1. The number of aromatic nitrogens is 3. The molecule has 0 radical (unpaired) electrons. The topological polar surface area (TPSA) is 85.1 Å². The van der Waals surface area contributed by atoms with Gasteiger partial charge in [0.15, 0.2) is 5.65 Å². The van der Waals surface area contributed by atoms with Crippen LogP contribution in [0.5, 0.6) is 0 Å². The van der Waals surface area contributed by atoms with Crippen LogP contribution in [0, 0.1) is 0 Å². The molecule has 0 amide bonds. The first-order chi connectivity index (χ1) is 9.00. The van der Waals surface area contributed by atoms with Crippen molar-refractivity contribution in [2.45, 2.75) is 32.7 Å². The fraction of sp³-hybridized carbons (Fsp3) is 0.385. The average Bonchev–Trinajstić information content (AvgIpc) is 2.35. The molecule has 0 aliphatic heterocycles. The third-order valence-corrected chi connectivity index (χ3v) is 2.82. The number of rotatable bonds is 4. The summed E-state index contributed by atoms with van der Waals surface area (Å²) in [6.45, 7) is 3.80. The molecule has 2 aromatic heterocycles. The van der Waals surface area contributed by atoms with Crippen LogP contribution in [0.4, 0.5) is 0 Å². The van der Waals surface area contributed by atoms with Gasteiger partial charge in [-0.2, -0.15) is 0 Å². The van der Waals surface area contributed by atoms with E-state index in [1.807, 2.05) is 13.8 Å². The molecule has 6 heteroatoms. The molecule has 0 spiro atoms. The number of fused-ring (bicyclic) bond motifs is 1. The standard InChI is InChI=1S/C13H15N3O3/c1-8(2)16-10-4-3-7-14-12(10)15-9(13(16)19)5-6-11(17)18/h3-4,7-8H,5-6H2,1-2H3,(H,17,18). The number of aryl methyl sites for hydroxylation is 1. The molecule has 0 unspecified atom stereocenters. The second-order valence-electron chi connectivity index (χ2n) is 4.57. The molecule has 0 atom stereocenters. The van der Waals surface area contributed by atoms with Crippen molar-refractivity contribution in [2.24, 2.45) is 0 Å². The second kappa shape index (κ2) is 5.17. The van der Waals surface area contributed by atoms with Gasteiger partial charge in [0.1, 0.15) is 5.69 Å². The molecule has 19 heavy (non-hydrogen) atoms. The highest BCUT2D eigenvalue weighted by molar-refractivity contribution is 5.70. The van der Waals surface area contributed by atoms with Gasteiger partial charge in [0.05, 0.1) is 11.9 Å². The predicted molar refractivity (Wildman–Crippen MR) is 70.1 cm³/mol. The number of pyridine rings is 1. The first kappa shape index (κ1) is 13.2. The first-order valence-electron chi connectivity index (χ1n) is 6.08. The normalized spacial score (nSPS) is 11.1. The average molecular weight is 261 g/mol. The molecule has 2 heterocycles. The van der Waals surface area contributed by atoms with Gasteiger partial charge in [-0.05, 0) is 26.0 Å². The maximum atomic E-state index is 12.3. The van der Waals surface area contributed by atoms with Gasteiger partial charge in [-0.3, -0.25) is 9.59 Å². The molecule has 6 nitrogen and oxygen atoms in total. The monoisotopic (exact) mass is 261 g/mol. The highest BCUT2D eigenvalue weighted by Gasteiger charge is 2.14. The van der Waals surface area contributed by atoms with E-state index >= 15 is 0 Å². The molecule has 2 rings (SSSR count). The highest BCUT2D eigenvalue weighted by Crippen LogP contribution is 2.12. The fourth-order valence-corrected chi connectivity index (χ4v) is 1.99. The summed E-state index contributed by atoms with van der Waals surface area (Å²) in [5.74, 6) is -0.946.